The van der Waals surface area contributed by atoms with E-state index < -0.39 is 71.2 Å². The van der Waals surface area contributed by atoms with E-state index in [9.17, 15) is 35.1 Å². The third-order valence-electron chi connectivity index (χ3n) is 7.54. The van der Waals surface area contributed by atoms with Crippen molar-refractivity contribution in [1.29, 1.82) is 0 Å². The minimum Gasteiger partial charge on any atom is -0.458 e. The second kappa shape index (κ2) is 11.9. The van der Waals surface area contributed by atoms with E-state index in [0.717, 1.165) is 5.56 Å². The molecule has 0 aromatic heterocycles. The fourth-order valence-electron chi connectivity index (χ4n) is 5.50. The number of fused-ring (bicyclic) bond motifs is 2. The maximum atomic E-state index is 13.6. The molecule has 2 fully saturated rings. The maximum absolute atomic E-state index is 13.6. The summed E-state index contributed by atoms with van der Waals surface area (Å²) in [5, 5.41) is 55.5. The average Bonchev–Trinajstić information content (AvgIpc) is 3.06. The quantitative estimate of drug-likeness (QED) is 0.252. The van der Waals surface area contributed by atoms with Gasteiger partial charge in [0.1, 0.15) is 23.4 Å². The van der Waals surface area contributed by atoms with Gasteiger partial charge in [0.15, 0.2) is 17.5 Å². The third-order valence-corrected chi connectivity index (χ3v) is 7.54. The number of hydrogen-bond acceptors (Lipinski definition) is 11. The molecule has 8 atom stereocenters. The number of rotatable bonds is 10. The zero-order valence-electron chi connectivity index (χ0n) is 25.0. The lowest BCUT2D eigenvalue weighted by Gasteiger charge is -2.51. The summed E-state index contributed by atoms with van der Waals surface area (Å²) < 4.78 is 22.8. The highest BCUT2D eigenvalue weighted by Crippen LogP contribution is 2.55. The van der Waals surface area contributed by atoms with Crippen LogP contribution in [-0.2, 0) is 35.0 Å². The Morgan fingerprint density at radius 1 is 1.00 bits per heavy atom. The number of esters is 2. The standard InChI is InChI=1S/C30H46O11/c1-18(16-19-12-9-8-10-13-19)20(32)14-11-15-29-21(33)22(34)30(41-29,25(36)40-27(5,6)7)28(37,17-31)23(38-29)24(35)39-26(2,3)4/h8-10,12-13,18,20-23,31-34,37H,11,14-17H2,1-7H3/t18-,20-,21-,22-,23-,28+,29+,30+/m1/s1. The Hall–Kier alpha value is -2.12. The molecule has 3 rings (SSSR count). The summed E-state index contributed by atoms with van der Waals surface area (Å²) in [6.07, 6.45) is -5.98. The van der Waals surface area contributed by atoms with Crippen molar-refractivity contribution in [3.8, 4) is 0 Å². The first-order valence-corrected chi connectivity index (χ1v) is 14.1. The van der Waals surface area contributed by atoms with Gasteiger partial charge in [-0.05, 0) is 72.3 Å². The number of carbonyl (C=O) groups excluding carboxylic acids is 2. The Morgan fingerprint density at radius 2 is 1.59 bits per heavy atom. The molecule has 0 spiro atoms. The van der Waals surface area contributed by atoms with E-state index in [4.69, 9.17) is 18.9 Å². The summed E-state index contributed by atoms with van der Waals surface area (Å²) >= 11 is 0. The SMILES string of the molecule is C[C@H](Cc1ccccc1)[C@H](O)CCC[C@]12O[C@H](C(=O)OC(C)(C)C)[C@@](O)(CO)[C@](C(=O)OC(C)(C)C)(O1)[C@H](O)[C@H]2O. The van der Waals surface area contributed by atoms with Gasteiger partial charge in [-0.1, -0.05) is 37.3 Å². The Bertz CT molecular complexity index is 1060. The van der Waals surface area contributed by atoms with Crippen molar-refractivity contribution in [2.45, 2.75) is 127 Å². The van der Waals surface area contributed by atoms with Crippen molar-refractivity contribution in [2.75, 3.05) is 6.61 Å². The predicted molar refractivity (Wildman–Crippen MR) is 146 cm³/mol. The molecule has 11 heteroatoms. The molecule has 0 unspecified atom stereocenters. The van der Waals surface area contributed by atoms with Crippen LogP contribution in [0.2, 0.25) is 0 Å². The first-order valence-electron chi connectivity index (χ1n) is 14.1. The van der Waals surface area contributed by atoms with Crippen LogP contribution >= 0.6 is 0 Å². The second-order valence-corrected chi connectivity index (χ2v) is 13.3. The van der Waals surface area contributed by atoms with E-state index in [-0.39, 0.29) is 25.2 Å². The third kappa shape index (κ3) is 6.61. The van der Waals surface area contributed by atoms with Crippen molar-refractivity contribution in [1.82, 2.24) is 0 Å². The van der Waals surface area contributed by atoms with E-state index in [1.807, 2.05) is 37.3 Å². The molecular weight excluding hydrogens is 536 g/mol. The zero-order chi connectivity index (χ0) is 31.0. The van der Waals surface area contributed by atoms with E-state index in [0.29, 0.717) is 6.42 Å². The van der Waals surface area contributed by atoms with E-state index in [1.54, 1.807) is 41.5 Å². The summed E-state index contributed by atoms with van der Waals surface area (Å²) in [6.45, 7) is 10.0. The molecule has 0 radical (unpaired) electrons. The highest BCUT2D eigenvalue weighted by Gasteiger charge is 2.82. The monoisotopic (exact) mass is 582 g/mol. The highest BCUT2D eigenvalue weighted by atomic mass is 16.8. The average molecular weight is 583 g/mol. The van der Waals surface area contributed by atoms with Gasteiger partial charge in [-0.25, -0.2) is 9.59 Å². The summed E-state index contributed by atoms with van der Waals surface area (Å²) in [5.41, 5.74) is -6.79. The zero-order valence-corrected chi connectivity index (χ0v) is 25.0. The van der Waals surface area contributed by atoms with E-state index >= 15 is 0 Å². The van der Waals surface area contributed by atoms with Crippen LogP contribution in [0.3, 0.4) is 0 Å². The summed E-state index contributed by atoms with van der Waals surface area (Å²) in [4.78, 5) is 27.0. The predicted octanol–water partition coefficient (Wildman–Crippen LogP) is 1.39. The summed E-state index contributed by atoms with van der Waals surface area (Å²) in [5.74, 6) is -4.70. The molecule has 2 saturated heterocycles. The fourth-order valence-corrected chi connectivity index (χ4v) is 5.50. The van der Waals surface area contributed by atoms with Gasteiger partial charge in [-0.3, -0.25) is 0 Å². The van der Waals surface area contributed by atoms with Gasteiger partial charge in [0.25, 0.3) is 0 Å². The van der Waals surface area contributed by atoms with Crippen LogP contribution in [-0.4, -0.2) is 96.7 Å². The van der Waals surface area contributed by atoms with Crippen molar-refractivity contribution < 1.29 is 54.1 Å². The molecule has 41 heavy (non-hydrogen) atoms. The number of ether oxygens (including phenoxy) is 4. The molecule has 0 amide bonds. The Morgan fingerprint density at radius 3 is 2.12 bits per heavy atom. The van der Waals surface area contributed by atoms with Gasteiger partial charge >= 0.3 is 11.9 Å². The minimum absolute atomic E-state index is 0.114. The first kappa shape index (κ1) is 33.4. The number of aliphatic hydroxyl groups excluding tert-OH is 4. The van der Waals surface area contributed by atoms with E-state index in [1.165, 1.54) is 0 Å². The number of carbonyl (C=O) groups is 2. The summed E-state index contributed by atoms with van der Waals surface area (Å²) in [6, 6.07) is 9.69. The van der Waals surface area contributed by atoms with Crippen molar-refractivity contribution in [3.63, 3.8) is 0 Å². The first-order chi connectivity index (χ1) is 18.8. The van der Waals surface area contributed by atoms with E-state index in [2.05, 4.69) is 0 Å². The van der Waals surface area contributed by atoms with Gasteiger partial charge in [0.05, 0.1) is 12.7 Å². The Labute approximate surface area is 241 Å². The topological polar surface area (TPSA) is 172 Å². The molecule has 2 bridgehead atoms. The molecule has 2 heterocycles. The minimum atomic E-state index is -2.89. The Balaban J connectivity index is 1.93. The molecule has 0 saturated carbocycles. The number of aliphatic hydroxyl groups is 5. The smallest absolute Gasteiger partial charge is 0.345 e. The van der Waals surface area contributed by atoms with Gasteiger partial charge in [-0.2, -0.15) is 0 Å². The second-order valence-electron chi connectivity index (χ2n) is 13.3. The van der Waals surface area contributed by atoms with Gasteiger partial charge < -0.3 is 44.5 Å². The van der Waals surface area contributed by atoms with Crippen molar-refractivity contribution in [2.24, 2.45) is 5.92 Å². The van der Waals surface area contributed by atoms with Crippen LogP contribution in [0.5, 0.6) is 0 Å². The highest BCUT2D eigenvalue weighted by molar-refractivity contribution is 5.87. The van der Waals surface area contributed by atoms with Crippen LogP contribution in [0, 0.1) is 5.92 Å². The van der Waals surface area contributed by atoms with Crippen LogP contribution in [0.4, 0.5) is 0 Å². The van der Waals surface area contributed by atoms with Gasteiger partial charge in [0, 0.05) is 6.42 Å². The lowest BCUT2D eigenvalue weighted by Crippen LogP contribution is -2.77. The normalized spacial score (nSPS) is 33.2. The summed E-state index contributed by atoms with van der Waals surface area (Å²) in [7, 11) is 0. The molecule has 5 N–H and O–H groups in total. The Kier molecular flexibility index (Phi) is 9.67. The molecule has 1 aromatic carbocycles. The molecule has 2 aliphatic rings. The molecule has 0 aliphatic carbocycles. The largest absolute Gasteiger partial charge is 0.458 e. The molecule has 11 nitrogen and oxygen atoms in total. The van der Waals surface area contributed by atoms with Gasteiger partial charge in [0.2, 0.25) is 5.60 Å². The van der Waals surface area contributed by atoms with Crippen molar-refractivity contribution >= 4 is 11.9 Å². The van der Waals surface area contributed by atoms with Crippen LogP contribution in [0.1, 0.15) is 73.3 Å². The van der Waals surface area contributed by atoms with Crippen molar-refractivity contribution in [3.05, 3.63) is 35.9 Å². The van der Waals surface area contributed by atoms with Crippen LogP contribution in [0.25, 0.3) is 0 Å². The van der Waals surface area contributed by atoms with Crippen LogP contribution < -0.4 is 0 Å². The molecule has 1 aromatic rings. The number of hydrogen-bond donors (Lipinski definition) is 5. The fraction of sp³-hybridized carbons (Fsp3) is 0.733. The number of benzene rings is 1. The van der Waals surface area contributed by atoms with Gasteiger partial charge in [-0.15, -0.1) is 0 Å². The molecule has 2 aliphatic heterocycles. The lowest BCUT2D eigenvalue weighted by atomic mass is 9.75. The molecular formula is C30H46O11. The lowest BCUT2D eigenvalue weighted by molar-refractivity contribution is -0.387. The molecule has 232 valence electrons. The maximum Gasteiger partial charge on any atom is 0.345 e. The van der Waals surface area contributed by atoms with Crippen LogP contribution in [0.15, 0.2) is 30.3 Å².